The number of hydrogen-bond acceptors (Lipinski definition) is 4. The Morgan fingerprint density at radius 1 is 1.30 bits per heavy atom. The standard InChI is InChI=1S/C15H18BrN3O3S/c1-18-14(20)15(7-3-2-4-8-15)19-23(21,22)12-6-5-11(10-17)13(16)9-12/h5-6,9,19H,2-4,7-8H2,1H3,(H,18,20). The van der Waals surface area contributed by atoms with Crippen molar-refractivity contribution < 1.29 is 13.2 Å². The zero-order valence-corrected chi connectivity index (χ0v) is 15.1. The molecule has 0 radical (unpaired) electrons. The quantitative estimate of drug-likeness (QED) is 0.808. The average Bonchev–Trinajstić information content (AvgIpc) is 2.54. The van der Waals surface area contributed by atoms with Crippen molar-refractivity contribution in [1.82, 2.24) is 10.0 Å². The summed E-state index contributed by atoms with van der Waals surface area (Å²) in [5, 5.41) is 11.5. The highest BCUT2D eigenvalue weighted by atomic mass is 79.9. The molecule has 0 aromatic heterocycles. The van der Waals surface area contributed by atoms with Crippen molar-refractivity contribution in [2.75, 3.05) is 7.05 Å². The number of amides is 1. The molecule has 8 heteroatoms. The number of benzene rings is 1. The van der Waals surface area contributed by atoms with Crippen molar-refractivity contribution in [3.63, 3.8) is 0 Å². The summed E-state index contributed by atoms with van der Waals surface area (Å²) in [5.41, 5.74) is -0.755. The number of halogens is 1. The molecule has 2 rings (SSSR count). The average molecular weight is 400 g/mol. The van der Waals surface area contributed by atoms with Gasteiger partial charge >= 0.3 is 0 Å². The summed E-state index contributed by atoms with van der Waals surface area (Å²) in [6.45, 7) is 0. The van der Waals surface area contributed by atoms with E-state index in [0.717, 1.165) is 19.3 Å². The van der Waals surface area contributed by atoms with Gasteiger partial charge in [0.2, 0.25) is 15.9 Å². The molecule has 6 nitrogen and oxygen atoms in total. The van der Waals surface area contributed by atoms with Gasteiger partial charge in [-0.2, -0.15) is 9.98 Å². The second-order valence-corrected chi connectivity index (χ2v) is 8.12. The molecule has 1 aliphatic rings. The van der Waals surface area contributed by atoms with E-state index in [9.17, 15) is 13.2 Å². The first kappa shape index (κ1) is 17.9. The third kappa shape index (κ3) is 3.74. The first-order valence-electron chi connectivity index (χ1n) is 7.30. The van der Waals surface area contributed by atoms with Crippen molar-refractivity contribution >= 4 is 31.9 Å². The zero-order valence-electron chi connectivity index (χ0n) is 12.7. The van der Waals surface area contributed by atoms with Gasteiger partial charge in [0.1, 0.15) is 11.6 Å². The van der Waals surface area contributed by atoms with E-state index < -0.39 is 15.6 Å². The number of rotatable bonds is 4. The first-order chi connectivity index (χ1) is 10.8. The van der Waals surface area contributed by atoms with Crippen LogP contribution in [-0.4, -0.2) is 26.9 Å². The van der Waals surface area contributed by atoms with E-state index in [1.54, 1.807) is 0 Å². The summed E-state index contributed by atoms with van der Waals surface area (Å²) < 4.78 is 28.4. The lowest BCUT2D eigenvalue weighted by molar-refractivity contribution is -0.127. The summed E-state index contributed by atoms with van der Waals surface area (Å²) in [6, 6.07) is 6.14. The van der Waals surface area contributed by atoms with Gasteiger partial charge in [-0.05, 0) is 47.0 Å². The molecule has 1 aromatic carbocycles. The smallest absolute Gasteiger partial charge is 0.241 e. The molecule has 1 aliphatic carbocycles. The minimum Gasteiger partial charge on any atom is -0.358 e. The van der Waals surface area contributed by atoms with Crippen LogP contribution >= 0.6 is 15.9 Å². The molecule has 1 fully saturated rings. The lowest BCUT2D eigenvalue weighted by atomic mass is 9.82. The lowest BCUT2D eigenvalue weighted by Gasteiger charge is -2.35. The fourth-order valence-corrected chi connectivity index (χ4v) is 4.91. The number of carbonyl (C=O) groups excluding carboxylic acids is 1. The molecular formula is C15H18BrN3O3S. The Kier molecular flexibility index (Phi) is 5.45. The Balaban J connectivity index is 2.37. The van der Waals surface area contributed by atoms with E-state index in [1.165, 1.54) is 25.2 Å². The Bertz CT molecular complexity index is 750. The number of nitrogens with one attached hydrogen (secondary N) is 2. The maximum absolute atomic E-state index is 12.7. The number of carbonyl (C=O) groups is 1. The van der Waals surface area contributed by atoms with E-state index in [1.807, 2.05) is 6.07 Å². The normalized spacial score (nSPS) is 17.3. The Hall–Kier alpha value is -1.43. The molecule has 1 aromatic rings. The number of nitriles is 1. The molecule has 0 heterocycles. The monoisotopic (exact) mass is 399 g/mol. The fourth-order valence-electron chi connectivity index (χ4n) is 2.84. The van der Waals surface area contributed by atoms with E-state index >= 15 is 0 Å². The number of likely N-dealkylation sites (N-methyl/N-ethyl adjacent to an activating group) is 1. The largest absolute Gasteiger partial charge is 0.358 e. The van der Waals surface area contributed by atoms with Crippen LogP contribution in [0.1, 0.15) is 37.7 Å². The van der Waals surface area contributed by atoms with Crippen molar-refractivity contribution in [2.45, 2.75) is 42.5 Å². The second-order valence-electron chi connectivity index (χ2n) is 5.58. The molecule has 0 atom stereocenters. The second kappa shape index (κ2) is 6.99. The summed E-state index contributed by atoms with van der Waals surface area (Å²) in [5.74, 6) is -0.312. The third-order valence-corrected chi connectivity index (χ3v) is 6.26. The van der Waals surface area contributed by atoms with Gasteiger partial charge in [-0.1, -0.05) is 19.3 Å². The topological polar surface area (TPSA) is 99.1 Å². The van der Waals surface area contributed by atoms with Gasteiger partial charge in [-0.3, -0.25) is 4.79 Å². The third-order valence-electron chi connectivity index (χ3n) is 4.07. The molecule has 1 saturated carbocycles. The van der Waals surface area contributed by atoms with Crippen molar-refractivity contribution in [3.05, 3.63) is 28.2 Å². The molecule has 0 unspecified atom stereocenters. The van der Waals surface area contributed by atoms with Gasteiger partial charge in [-0.15, -0.1) is 0 Å². The highest BCUT2D eigenvalue weighted by molar-refractivity contribution is 9.10. The van der Waals surface area contributed by atoms with E-state index in [4.69, 9.17) is 5.26 Å². The zero-order chi connectivity index (χ0) is 17.1. The van der Waals surface area contributed by atoms with Crippen LogP contribution in [0.15, 0.2) is 27.6 Å². The molecular weight excluding hydrogens is 382 g/mol. The van der Waals surface area contributed by atoms with Crippen LogP contribution in [0.25, 0.3) is 0 Å². The minimum atomic E-state index is -3.87. The number of sulfonamides is 1. The van der Waals surface area contributed by atoms with E-state index in [-0.39, 0.29) is 10.8 Å². The van der Waals surface area contributed by atoms with Crippen molar-refractivity contribution in [3.8, 4) is 6.07 Å². The van der Waals surface area contributed by atoms with Gasteiger partial charge < -0.3 is 5.32 Å². The number of hydrogen-bond donors (Lipinski definition) is 2. The number of nitrogens with zero attached hydrogens (tertiary/aromatic N) is 1. The summed E-state index contributed by atoms with van der Waals surface area (Å²) in [6.07, 6.45) is 3.54. The van der Waals surface area contributed by atoms with Crippen LogP contribution in [0, 0.1) is 11.3 Å². The van der Waals surface area contributed by atoms with Crippen LogP contribution in [-0.2, 0) is 14.8 Å². The van der Waals surface area contributed by atoms with Gasteiger partial charge in [0.15, 0.2) is 0 Å². The molecule has 2 N–H and O–H groups in total. The molecule has 1 amide bonds. The van der Waals surface area contributed by atoms with Crippen LogP contribution < -0.4 is 10.0 Å². The molecule has 124 valence electrons. The first-order valence-corrected chi connectivity index (χ1v) is 9.58. The van der Waals surface area contributed by atoms with Crippen molar-refractivity contribution in [1.29, 1.82) is 5.26 Å². The van der Waals surface area contributed by atoms with Gasteiger partial charge in [-0.25, -0.2) is 8.42 Å². The van der Waals surface area contributed by atoms with E-state index in [2.05, 4.69) is 26.0 Å². The Morgan fingerprint density at radius 3 is 2.48 bits per heavy atom. The highest BCUT2D eigenvalue weighted by Gasteiger charge is 2.42. The predicted molar refractivity (Wildman–Crippen MR) is 89.1 cm³/mol. The maximum atomic E-state index is 12.7. The molecule has 0 aliphatic heterocycles. The van der Waals surface area contributed by atoms with Gasteiger partial charge in [0.05, 0.1) is 10.5 Å². The summed E-state index contributed by atoms with van der Waals surface area (Å²) in [7, 11) is -2.37. The SMILES string of the molecule is CNC(=O)C1(NS(=O)(=O)c2ccc(C#N)c(Br)c2)CCCCC1. The predicted octanol–water partition coefficient (Wildman–Crippen LogP) is 2.05. The summed E-state index contributed by atoms with van der Waals surface area (Å²) >= 11 is 3.19. The Morgan fingerprint density at radius 2 is 1.96 bits per heavy atom. The van der Waals surface area contributed by atoms with Crippen LogP contribution in [0.5, 0.6) is 0 Å². The van der Waals surface area contributed by atoms with Crippen LogP contribution in [0.2, 0.25) is 0 Å². The molecule has 0 bridgehead atoms. The highest BCUT2D eigenvalue weighted by Crippen LogP contribution is 2.31. The minimum absolute atomic E-state index is 0.0252. The fraction of sp³-hybridized carbons (Fsp3) is 0.467. The molecule has 0 saturated heterocycles. The van der Waals surface area contributed by atoms with Crippen LogP contribution in [0.4, 0.5) is 0 Å². The molecule has 23 heavy (non-hydrogen) atoms. The maximum Gasteiger partial charge on any atom is 0.241 e. The Labute approximate surface area is 144 Å². The lowest BCUT2D eigenvalue weighted by Crippen LogP contribution is -2.58. The van der Waals surface area contributed by atoms with E-state index in [0.29, 0.717) is 22.9 Å². The summed E-state index contributed by atoms with van der Waals surface area (Å²) in [4.78, 5) is 12.3. The van der Waals surface area contributed by atoms with Crippen LogP contribution in [0.3, 0.4) is 0 Å². The van der Waals surface area contributed by atoms with Gasteiger partial charge in [0.25, 0.3) is 0 Å². The molecule has 0 spiro atoms. The van der Waals surface area contributed by atoms with Gasteiger partial charge in [0, 0.05) is 11.5 Å². The van der Waals surface area contributed by atoms with Crippen molar-refractivity contribution in [2.24, 2.45) is 0 Å².